The Labute approximate surface area is 195 Å². The van der Waals surface area contributed by atoms with Gasteiger partial charge < -0.3 is 5.32 Å². The average molecular weight is 444 g/mol. The van der Waals surface area contributed by atoms with Crippen LogP contribution in [0.25, 0.3) is 0 Å². The lowest BCUT2D eigenvalue weighted by Gasteiger charge is -2.40. The highest BCUT2D eigenvalue weighted by molar-refractivity contribution is 6.03. The van der Waals surface area contributed by atoms with Crippen molar-refractivity contribution in [1.29, 1.82) is 0 Å². The van der Waals surface area contributed by atoms with Gasteiger partial charge in [0.2, 0.25) is 0 Å². The fraction of sp³-hybridized carbons (Fsp3) is 0.321. The number of hydrogen-bond acceptors (Lipinski definition) is 2. The molecule has 4 nitrogen and oxygen atoms in total. The fourth-order valence-electron chi connectivity index (χ4n) is 5.21. The summed E-state index contributed by atoms with van der Waals surface area (Å²) in [5.74, 6) is -0.314. The van der Waals surface area contributed by atoms with E-state index >= 15 is 0 Å². The van der Waals surface area contributed by atoms with Gasteiger partial charge in [-0.05, 0) is 81.2 Å². The molecule has 1 N–H and O–H groups in total. The fourth-order valence-corrected chi connectivity index (χ4v) is 5.21. The van der Waals surface area contributed by atoms with Crippen molar-refractivity contribution in [3.63, 3.8) is 0 Å². The molecule has 33 heavy (non-hydrogen) atoms. The lowest BCUT2D eigenvalue weighted by atomic mass is 9.74. The molecule has 2 amide bonds. The average Bonchev–Trinajstić information content (AvgIpc) is 3.12. The molecule has 3 aromatic rings. The Balaban J connectivity index is 1.33. The van der Waals surface area contributed by atoms with Gasteiger partial charge in [-0.15, -0.1) is 0 Å². The van der Waals surface area contributed by atoms with Crippen LogP contribution in [0.1, 0.15) is 35.1 Å². The summed E-state index contributed by atoms with van der Waals surface area (Å²) >= 11 is 0. The summed E-state index contributed by atoms with van der Waals surface area (Å²) in [6, 6.07) is 20.9. The van der Waals surface area contributed by atoms with E-state index in [9.17, 15) is 9.18 Å². The third-order valence-corrected chi connectivity index (χ3v) is 7.16. The molecule has 0 aliphatic carbocycles. The molecular weight excluding hydrogens is 413 g/mol. The van der Waals surface area contributed by atoms with E-state index in [1.54, 1.807) is 12.1 Å². The number of piperidine rings is 1. The number of carbonyl (C=O) groups excluding carboxylic acids is 1. The molecule has 2 heterocycles. The van der Waals surface area contributed by atoms with Gasteiger partial charge in [0, 0.05) is 29.9 Å². The summed E-state index contributed by atoms with van der Waals surface area (Å²) < 4.78 is 13.3. The number of likely N-dealkylation sites (tertiary alicyclic amines) is 1. The number of fused-ring (bicyclic) bond motifs is 2. The zero-order valence-corrected chi connectivity index (χ0v) is 19.3. The molecular formula is C28H30FN3O. The van der Waals surface area contributed by atoms with Crippen LogP contribution in [0, 0.1) is 19.7 Å². The predicted octanol–water partition coefficient (Wildman–Crippen LogP) is 6.03. The highest BCUT2D eigenvalue weighted by atomic mass is 19.1. The second-order valence-corrected chi connectivity index (χ2v) is 9.59. The van der Waals surface area contributed by atoms with E-state index < -0.39 is 0 Å². The minimum atomic E-state index is -0.314. The Kier molecular flexibility index (Phi) is 5.67. The first-order valence-corrected chi connectivity index (χ1v) is 11.7. The van der Waals surface area contributed by atoms with Crippen LogP contribution < -0.4 is 10.2 Å². The Morgan fingerprint density at radius 3 is 2.30 bits per heavy atom. The van der Waals surface area contributed by atoms with Gasteiger partial charge in [-0.1, -0.05) is 47.5 Å². The molecule has 0 radical (unpaired) electrons. The maximum atomic E-state index is 13.3. The van der Waals surface area contributed by atoms with Crippen molar-refractivity contribution < 1.29 is 9.18 Å². The van der Waals surface area contributed by atoms with E-state index in [0.29, 0.717) is 12.2 Å². The third-order valence-electron chi connectivity index (χ3n) is 7.16. The molecule has 0 bridgehead atoms. The van der Waals surface area contributed by atoms with Gasteiger partial charge in [0.05, 0.1) is 0 Å². The van der Waals surface area contributed by atoms with Crippen molar-refractivity contribution in [1.82, 2.24) is 4.90 Å². The second-order valence-electron chi connectivity index (χ2n) is 9.59. The summed E-state index contributed by atoms with van der Waals surface area (Å²) in [4.78, 5) is 17.6. The number of anilines is 2. The van der Waals surface area contributed by atoms with Crippen molar-refractivity contribution >= 4 is 17.4 Å². The number of halogens is 1. The number of nitrogens with one attached hydrogen (secondary N) is 1. The number of rotatable bonds is 3. The maximum absolute atomic E-state index is 13.3. The molecule has 0 aromatic heterocycles. The van der Waals surface area contributed by atoms with Crippen molar-refractivity contribution in [2.45, 2.75) is 38.6 Å². The minimum Gasteiger partial charge on any atom is -0.308 e. The third kappa shape index (κ3) is 4.38. The maximum Gasteiger partial charge on any atom is 0.326 e. The Bertz CT molecular complexity index is 1150. The van der Waals surface area contributed by atoms with Crippen molar-refractivity contribution in [2.75, 3.05) is 29.9 Å². The van der Waals surface area contributed by atoms with Gasteiger partial charge in [0.15, 0.2) is 0 Å². The van der Waals surface area contributed by atoms with E-state index in [2.05, 4.69) is 66.5 Å². The summed E-state index contributed by atoms with van der Waals surface area (Å²) in [5, 5.41) is 2.94. The molecule has 5 heteroatoms. The van der Waals surface area contributed by atoms with Crippen molar-refractivity contribution in [2.24, 2.45) is 0 Å². The standard InChI is InChI=1S/C28H30FN3O/c1-20-3-6-22(7-4-20)18-31-15-13-28(14-16-31)19-32(26-12-5-21(2)17-25(26)28)27(33)30-24-10-8-23(29)9-11-24/h3-12,17H,13-16,18-19H2,1-2H3,(H,30,33). The van der Waals surface area contributed by atoms with Crippen LogP contribution in [0.3, 0.4) is 0 Å². The molecule has 3 aromatic carbocycles. The van der Waals surface area contributed by atoms with Gasteiger partial charge >= 0.3 is 6.03 Å². The Hall–Kier alpha value is -3.18. The first-order valence-electron chi connectivity index (χ1n) is 11.7. The molecule has 1 saturated heterocycles. The molecule has 170 valence electrons. The zero-order chi connectivity index (χ0) is 23.0. The molecule has 1 spiro atoms. The van der Waals surface area contributed by atoms with Crippen molar-refractivity contribution in [3.05, 3.63) is 94.8 Å². The molecule has 5 rings (SSSR count). The SMILES string of the molecule is Cc1ccc(CN2CCC3(CC2)CN(C(=O)Nc2ccc(F)cc2)c2ccc(C)cc23)cc1. The monoisotopic (exact) mass is 443 g/mol. The van der Waals surface area contributed by atoms with Gasteiger partial charge in [-0.3, -0.25) is 9.80 Å². The minimum absolute atomic E-state index is 0.0226. The van der Waals surface area contributed by atoms with Crippen LogP contribution in [0.5, 0.6) is 0 Å². The van der Waals surface area contributed by atoms with E-state index in [1.807, 2.05) is 4.90 Å². The number of aryl methyl sites for hydroxylation is 2. The topological polar surface area (TPSA) is 35.6 Å². The van der Waals surface area contributed by atoms with Crippen LogP contribution in [-0.4, -0.2) is 30.6 Å². The summed E-state index contributed by atoms with van der Waals surface area (Å²) in [5.41, 5.74) is 6.71. The van der Waals surface area contributed by atoms with Crippen LogP contribution in [0.2, 0.25) is 0 Å². The lowest BCUT2D eigenvalue weighted by Crippen LogP contribution is -2.46. The summed E-state index contributed by atoms with van der Waals surface area (Å²) in [6.45, 7) is 7.89. The Morgan fingerprint density at radius 2 is 1.61 bits per heavy atom. The van der Waals surface area contributed by atoms with Gasteiger partial charge in [0.25, 0.3) is 0 Å². The van der Waals surface area contributed by atoms with Gasteiger partial charge in [-0.2, -0.15) is 0 Å². The zero-order valence-electron chi connectivity index (χ0n) is 19.3. The molecule has 2 aliphatic rings. The molecule has 2 aliphatic heterocycles. The Morgan fingerprint density at radius 1 is 0.939 bits per heavy atom. The van der Waals surface area contributed by atoms with Crippen LogP contribution in [0.4, 0.5) is 20.6 Å². The highest BCUT2D eigenvalue weighted by Crippen LogP contribution is 2.47. The van der Waals surface area contributed by atoms with Crippen LogP contribution >= 0.6 is 0 Å². The van der Waals surface area contributed by atoms with E-state index in [1.165, 1.54) is 34.4 Å². The number of benzene rings is 3. The van der Waals surface area contributed by atoms with Crippen molar-refractivity contribution in [3.8, 4) is 0 Å². The normalized spacial score (nSPS) is 17.2. The highest BCUT2D eigenvalue weighted by Gasteiger charge is 2.46. The van der Waals surface area contributed by atoms with E-state index in [4.69, 9.17) is 0 Å². The quantitative estimate of drug-likeness (QED) is 0.537. The lowest BCUT2D eigenvalue weighted by molar-refractivity contribution is 0.160. The first-order chi connectivity index (χ1) is 15.9. The first kappa shape index (κ1) is 21.7. The van der Waals surface area contributed by atoms with E-state index in [-0.39, 0.29) is 17.3 Å². The van der Waals surface area contributed by atoms with Gasteiger partial charge in [0.1, 0.15) is 5.82 Å². The largest absolute Gasteiger partial charge is 0.326 e. The van der Waals surface area contributed by atoms with Crippen LogP contribution in [-0.2, 0) is 12.0 Å². The second kappa shape index (κ2) is 8.64. The van der Waals surface area contributed by atoms with E-state index in [0.717, 1.165) is 38.2 Å². The smallest absolute Gasteiger partial charge is 0.308 e. The summed E-state index contributed by atoms with van der Waals surface area (Å²) in [7, 11) is 0. The summed E-state index contributed by atoms with van der Waals surface area (Å²) in [6.07, 6.45) is 2.05. The van der Waals surface area contributed by atoms with Gasteiger partial charge in [-0.25, -0.2) is 9.18 Å². The molecule has 0 atom stereocenters. The number of urea groups is 1. The number of hydrogen-bond donors (Lipinski definition) is 1. The number of amides is 2. The molecule has 0 unspecified atom stereocenters. The predicted molar refractivity (Wildman–Crippen MR) is 131 cm³/mol. The number of carbonyl (C=O) groups is 1. The van der Waals surface area contributed by atoms with Crippen LogP contribution in [0.15, 0.2) is 66.7 Å². The number of nitrogens with zero attached hydrogens (tertiary/aromatic N) is 2. The molecule has 1 fully saturated rings. The molecule has 0 saturated carbocycles.